The molecule has 1 N–H and O–H groups in total. The number of hydrogen-bond acceptors (Lipinski definition) is 3. The summed E-state index contributed by atoms with van der Waals surface area (Å²) >= 11 is 1.51. The van der Waals surface area contributed by atoms with Crippen LogP contribution in [0.3, 0.4) is 0 Å². The van der Waals surface area contributed by atoms with Crippen molar-refractivity contribution in [1.82, 2.24) is 9.47 Å². The van der Waals surface area contributed by atoms with Crippen molar-refractivity contribution < 1.29 is 9.59 Å². The van der Waals surface area contributed by atoms with Crippen molar-refractivity contribution in [3.63, 3.8) is 0 Å². The Morgan fingerprint density at radius 1 is 1.03 bits per heavy atom. The van der Waals surface area contributed by atoms with Crippen LogP contribution in [0.5, 0.6) is 0 Å². The molecular formula is C25H29N3O2S. The van der Waals surface area contributed by atoms with Crippen LogP contribution in [-0.4, -0.2) is 40.1 Å². The van der Waals surface area contributed by atoms with E-state index in [1.54, 1.807) is 0 Å². The van der Waals surface area contributed by atoms with Crippen LogP contribution >= 0.6 is 11.8 Å². The maximum Gasteiger partial charge on any atom is 0.242 e. The molecule has 5 nitrogen and oxygen atoms in total. The van der Waals surface area contributed by atoms with Crippen LogP contribution in [0.15, 0.2) is 47.5 Å². The van der Waals surface area contributed by atoms with Crippen LogP contribution < -0.4 is 5.32 Å². The van der Waals surface area contributed by atoms with Gasteiger partial charge in [-0.1, -0.05) is 35.9 Å². The first-order valence-electron chi connectivity index (χ1n) is 10.8. The fourth-order valence-corrected chi connectivity index (χ4v) is 5.26. The van der Waals surface area contributed by atoms with E-state index in [1.165, 1.54) is 17.3 Å². The van der Waals surface area contributed by atoms with E-state index in [0.717, 1.165) is 58.5 Å². The maximum absolute atomic E-state index is 12.7. The fraction of sp³-hybridized carbons (Fsp3) is 0.360. The summed E-state index contributed by atoms with van der Waals surface area (Å²) in [5.74, 6) is 0.462. The largest absolute Gasteiger partial charge is 0.341 e. The van der Waals surface area contributed by atoms with Gasteiger partial charge in [-0.2, -0.15) is 0 Å². The molecule has 2 aromatic carbocycles. The van der Waals surface area contributed by atoms with E-state index in [4.69, 9.17) is 0 Å². The van der Waals surface area contributed by atoms with Crippen LogP contribution in [0.2, 0.25) is 0 Å². The normalized spacial score (nSPS) is 13.7. The summed E-state index contributed by atoms with van der Waals surface area (Å²) in [6.07, 6.45) is 4.20. The molecule has 162 valence electrons. The number of likely N-dealkylation sites (tertiary alicyclic amines) is 1. The molecule has 0 unspecified atom stereocenters. The number of anilines is 1. The minimum Gasteiger partial charge on any atom is -0.341 e. The topological polar surface area (TPSA) is 54.3 Å². The lowest BCUT2D eigenvalue weighted by atomic mass is 10.1. The first kappa shape index (κ1) is 21.5. The summed E-state index contributed by atoms with van der Waals surface area (Å²) < 4.78 is 2.02. The molecular weight excluding hydrogens is 406 g/mol. The Kier molecular flexibility index (Phi) is 6.37. The Balaban J connectivity index is 1.47. The molecule has 1 aliphatic rings. The average Bonchev–Trinajstić information content (AvgIpc) is 3.38. The lowest BCUT2D eigenvalue weighted by molar-refractivity contribution is -0.130. The van der Waals surface area contributed by atoms with Gasteiger partial charge in [0, 0.05) is 40.8 Å². The molecule has 1 aromatic heterocycles. The number of para-hydroxylation sites is 1. The number of carbonyl (C=O) groups excluding carboxylic acids is 2. The van der Waals surface area contributed by atoms with Crippen molar-refractivity contribution in [2.75, 3.05) is 24.2 Å². The molecule has 4 rings (SSSR count). The lowest BCUT2D eigenvalue weighted by Crippen LogP contribution is -2.30. The number of fused-ring (bicyclic) bond motifs is 1. The second kappa shape index (κ2) is 9.18. The standard InChI is InChI=1S/C25H29N3O2S/c1-17-12-18(2)25(19(3)13-17)26-23(29)16-31-22-14-28(21-9-5-4-8-20(21)22)15-24(30)27-10-6-7-11-27/h4-5,8-9,12-14H,6-7,10-11,15-16H2,1-3H3,(H,26,29). The van der Waals surface area contributed by atoms with Gasteiger partial charge in [-0.15, -0.1) is 11.8 Å². The molecule has 0 saturated carbocycles. The van der Waals surface area contributed by atoms with E-state index >= 15 is 0 Å². The zero-order valence-corrected chi connectivity index (χ0v) is 19.2. The maximum atomic E-state index is 12.7. The van der Waals surface area contributed by atoms with Crippen molar-refractivity contribution in [1.29, 1.82) is 0 Å². The van der Waals surface area contributed by atoms with Crippen LogP contribution in [0, 0.1) is 20.8 Å². The fourth-order valence-electron chi connectivity index (χ4n) is 4.37. The summed E-state index contributed by atoms with van der Waals surface area (Å²) in [5, 5.41) is 4.15. The molecule has 0 spiro atoms. The van der Waals surface area contributed by atoms with Crippen molar-refractivity contribution in [2.24, 2.45) is 0 Å². The minimum absolute atomic E-state index is 0.0231. The number of hydrogen-bond donors (Lipinski definition) is 1. The van der Waals surface area contributed by atoms with Gasteiger partial charge < -0.3 is 14.8 Å². The monoisotopic (exact) mass is 435 g/mol. The highest BCUT2D eigenvalue weighted by molar-refractivity contribution is 8.00. The quantitative estimate of drug-likeness (QED) is 0.559. The molecule has 2 heterocycles. The first-order valence-corrected chi connectivity index (χ1v) is 11.8. The van der Waals surface area contributed by atoms with Gasteiger partial charge in [0.25, 0.3) is 0 Å². The van der Waals surface area contributed by atoms with Gasteiger partial charge in [0.2, 0.25) is 11.8 Å². The third-order valence-corrected chi connectivity index (χ3v) is 6.86. The molecule has 2 amide bonds. The third-order valence-electron chi connectivity index (χ3n) is 5.82. The SMILES string of the molecule is Cc1cc(C)c(NC(=O)CSc2cn(CC(=O)N3CCCC3)c3ccccc23)c(C)c1. The van der Waals surface area contributed by atoms with Crippen LogP contribution in [-0.2, 0) is 16.1 Å². The van der Waals surface area contributed by atoms with Crippen molar-refractivity contribution >= 4 is 40.2 Å². The van der Waals surface area contributed by atoms with E-state index in [9.17, 15) is 9.59 Å². The zero-order valence-electron chi connectivity index (χ0n) is 18.4. The molecule has 1 aliphatic heterocycles. The summed E-state index contributed by atoms with van der Waals surface area (Å²) in [7, 11) is 0. The summed E-state index contributed by atoms with van der Waals surface area (Å²) in [6.45, 7) is 8.16. The molecule has 31 heavy (non-hydrogen) atoms. The van der Waals surface area contributed by atoms with Crippen LogP contribution in [0.25, 0.3) is 10.9 Å². The Morgan fingerprint density at radius 3 is 2.42 bits per heavy atom. The molecule has 0 atom stereocenters. The smallest absolute Gasteiger partial charge is 0.242 e. The highest BCUT2D eigenvalue weighted by Gasteiger charge is 2.20. The Morgan fingerprint density at radius 2 is 1.71 bits per heavy atom. The van der Waals surface area contributed by atoms with E-state index in [-0.39, 0.29) is 11.8 Å². The van der Waals surface area contributed by atoms with E-state index < -0.39 is 0 Å². The van der Waals surface area contributed by atoms with Crippen LogP contribution in [0.1, 0.15) is 29.5 Å². The number of nitrogens with one attached hydrogen (secondary N) is 1. The second-order valence-corrected chi connectivity index (χ2v) is 9.35. The van der Waals surface area contributed by atoms with Gasteiger partial charge in [-0.05, 0) is 50.8 Å². The predicted octanol–water partition coefficient (Wildman–Crippen LogP) is 4.92. The number of nitrogens with zero attached hydrogens (tertiary/aromatic N) is 2. The van der Waals surface area contributed by atoms with Gasteiger partial charge in [0.1, 0.15) is 6.54 Å². The highest BCUT2D eigenvalue weighted by atomic mass is 32.2. The summed E-state index contributed by atoms with van der Waals surface area (Å²) in [5.41, 5.74) is 5.28. The lowest BCUT2D eigenvalue weighted by Gasteiger charge is -2.15. The van der Waals surface area contributed by atoms with Crippen molar-refractivity contribution in [2.45, 2.75) is 45.1 Å². The molecule has 6 heteroatoms. The number of benzene rings is 2. The number of aryl methyl sites for hydroxylation is 3. The summed E-state index contributed by atoms with van der Waals surface area (Å²) in [4.78, 5) is 28.3. The van der Waals surface area contributed by atoms with Gasteiger partial charge in [0.15, 0.2) is 0 Å². The van der Waals surface area contributed by atoms with Crippen molar-refractivity contribution in [3.8, 4) is 0 Å². The molecule has 1 saturated heterocycles. The van der Waals surface area contributed by atoms with Gasteiger partial charge in [-0.25, -0.2) is 0 Å². The molecule has 0 radical (unpaired) electrons. The van der Waals surface area contributed by atoms with E-state index in [2.05, 4.69) is 30.4 Å². The minimum atomic E-state index is -0.0231. The molecule has 0 bridgehead atoms. The number of thioether (sulfide) groups is 1. The van der Waals surface area contributed by atoms with Gasteiger partial charge in [-0.3, -0.25) is 9.59 Å². The predicted molar refractivity (Wildman–Crippen MR) is 128 cm³/mol. The number of carbonyl (C=O) groups is 2. The number of aromatic nitrogens is 1. The van der Waals surface area contributed by atoms with Crippen LogP contribution in [0.4, 0.5) is 5.69 Å². The Hall–Kier alpha value is -2.73. The molecule has 3 aromatic rings. The van der Waals surface area contributed by atoms with Gasteiger partial charge in [0.05, 0.1) is 5.75 Å². The van der Waals surface area contributed by atoms with E-state index in [1.807, 2.05) is 47.7 Å². The van der Waals surface area contributed by atoms with Gasteiger partial charge >= 0.3 is 0 Å². The van der Waals surface area contributed by atoms with Crippen molar-refractivity contribution in [3.05, 3.63) is 59.3 Å². The molecule has 0 aliphatic carbocycles. The highest BCUT2D eigenvalue weighted by Crippen LogP contribution is 2.31. The molecule has 1 fully saturated rings. The summed E-state index contributed by atoms with van der Waals surface area (Å²) in [6, 6.07) is 12.2. The zero-order chi connectivity index (χ0) is 22.0. The first-order chi connectivity index (χ1) is 14.9. The third kappa shape index (κ3) is 4.79. The average molecular weight is 436 g/mol. The number of amides is 2. The Bertz CT molecular complexity index is 1110. The number of rotatable bonds is 6. The Labute approximate surface area is 187 Å². The van der Waals surface area contributed by atoms with E-state index in [0.29, 0.717) is 12.3 Å². The second-order valence-electron chi connectivity index (χ2n) is 8.34.